The number of benzene rings is 3. The van der Waals surface area contributed by atoms with Crippen molar-refractivity contribution in [1.82, 2.24) is 21.3 Å². The first-order chi connectivity index (χ1) is 21.3. The maximum absolute atomic E-state index is 14.1. The summed E-state index contributed by atoms with van der Waals surface area (Å²) in [6, 6.07) is 20.5. The standard InChI is InChI=1S/C36H44N4O4/c1-25(2)23-30-34(42)40-36(18-7-8-19-36)35(43)39-31(24-28-14-9-13-26-11-3-5-16-29(26)28)33(41)38-20-10-15-27-12-4-6-17-32(27)44-22-21-37-30/h3-6,9-17,25,30-31,37H,7-8,18-24H2,1-2H3,(H,38,41)(H,39,43)(H,40,42)/b15-10-/t30-,31-/m0/s1. The highest BCUT2D eigenvalue weighted by Crippen LogP contribution is 2.31. The lowest BCUT2D eigenvalue weighted by Gasteiger charge is -2.33. The van der Waals surface area contributed by atoms with Gasteiger partial charge in [-0.1, -0.05) is 99.5 Å². The fourth-order valence-corrected chi connectivity index (χ4v) is 6.27. The number of carbonyl (C=O) groups excluding carboxylic acids is 3. The lowest BCUT2D eigenvalue weighted by Crippen LogP contribution is -2.63. The van der Waals surface area contributed by atoms with Gasteiger partial charge in [0.25, 0.3) is 0 Å². The summed E-state index contributed by atoms with van der Waals surface area (Å²) in [5, 5.41) is 14.7. The van der Waals surface area contributed by atoms with Gasteiger partial charge in [0.15, 0.2) is 0 Å². The number of hydrogen-bond donors (Lipinski definition) is 4. The first kappa shape index (κ1) is 31.3. The number of rotatable bonds is 4. The van der Waals surface area contributed by atoms with Gasteiger partial charge < -0.3 is 26.0 Å². The molecular weight excluding hydrogens is 552 g/mol. The molecule has 1 aliphatic heterocycles. The zero-order valence-corrected chi connectivity index (χ0v) is 25.7. The fourth-order valence-electron chi connectivity index (χ4n) is 6.27. The third kappa shape index (κ3) is 7.66. The molecule has 0 unspecified atom stereocenters. The SMILES string of the molecule is CC(C)C[C@@H]1NCCOc2ccccc2/C=C\CNC(=O)[C@H](Cc2cccc3ccccc23)NC(=O)C2(CCCC2)NC1=O. The van der Waals surface area contributed by atoms with Crippen LogP contribution in [0.4, 0.5) is 0 Å². The van der Waals surface area contributed by atoms with Gasteiger partial charge in [-0.15, -0.1) is 0 Å². The van der Waals surface area contributed by atoms with E-state index in [1.807, 2.05) is 78.9 Å². The van der Waals surface area contributed by atoms with E-state index in [4.69, 9.17) is 4.74 Å². The third-order valence-electron chi connectivity index (χ3n) is 8.56. The molecule has 1 heterocycles. The molecule has 0 saturated heterocycles. The molecule has 1 spiro atoms. The van der Waals surface area contributed by atoms with Crippen LogP contribution in [0.25, 0.3) is 16.8 Å². The highest BCUT2D eigenvalue weighted by molar-refractivity contribution is 5.96. The van der Waals surface area contributed by atoms with Gasteiger partial charge >= 0.3 is 0 Å². The Morgan fingerprint density at radius 3 is 2.45 bits per heavy atom. The number of para-hydroxylation sites is 1. The molecular formula is C36H44N4O4. The van der Waals surface area contributed by atoms with Crippen LogP contribution < -0.4 is 26.0 Å². The second-order valence-corrected chi connectivity index (χ2v) is 12.3. The topological polar surface area (TPSA) is 109 Å². The molecule has 0 radical (unpaired) electrons. The van der Waals surface area contributed by atoms with E-state index in [2.05, 4.69) is 35.1 Å². The predicted octanol–water partition coefficient (Wildman–Crippen LogP) is 4.52. The van der Waals surface area contributed by atoms with Crippen molar-refractivity contribution >= 4 is 34.6 Å². The Hall–Kier alpha value is -4.17. The number of amides is 3. The van der Waals surface area contributed by atoms with E-state index in [1.54, 1.807) is 0 Å². The Kier molecular flexibility index (Phi) is 10.3. The Morgan fingerprint density at radius 1 is 0.886 bits per heavy atom. The van der Waals surface area contributed by atoms with Gasteiger partial charge in [-0.05, 0) is 47.6 Å². The van der Waals surface area contributed by atoms with Crippen molar-refractivity contribution in [3.8, 4) is 5.75 Å². The number of nitrogens with one attached hydrogen (secondary N) is 4. The summed E-state index contributed by atoms with van der Waals surface area (Å²) in [7, 11) is 0. The maximum Gasteiger partial charge on any atom is 0.246 e. The van der Waals surface area contributed by atoms with Crippen LogP contribution in [0.15, 0.2) is 72.8 Å². The molecule has 0 bridgehead atoms. The van der Waals surface area contributed by atoms with Crippen molar-refractivity contribution in [3.63, 3.8) is 0 Å². The highest BCUT2D eigenvalue weighted by atomic mass is 16.5. The Balaban J connectivity index is 1.46. The van der Waals surface area contributed by atoms with Gasteiger partial charge in [-0.2, -0.15) is 0 Å². The van der Waals surface area contributed by atoms with E-state index in [9.17, 15) is 14.4 Å². The van der Waals surface area contributed by atoms with Gasteiger partial charge in [-0.3, -0.25) is 14.4 Å². The molecule has 2 atom stereocenters. The summed E-state index contributed by atoms with van der Waals surface area (Å²) in [5.74, 6) is 0.218. The highest BCUT2D eigenvalue weighted by Gasteiger charge is 2.44. The van der Waals surface area contributed by atoms with E-state index in [0.29, 0.717) is 38.8 Å². The quantitative estimate of drug-likeness (QED) is 0.354. The average Bonchev–Trinajstić information content (AvgIpc) is 3.50. The van der Waals surface area contributed by atoms with Crippen molar-refractivity contribution in [2.24, 2.45) is 5.92 Å². The molecule has 8 nitrogen and oxygen atoms in total. The van der Waals surface area contributed by atoms with Gasteiger partial charge in [0.2, 0.25) is 17.7 Å². The summed E-state index contributed by atoms with van der Waals surface area (Å²) >= 11 is 0. The van der Waals surface area contributed by atoms with Gasteiger partial charge in [0, 0.05) is 25.1 Å². The molecule has 1 saturated carbocycles. The summed E-state index contributed by atoms with van der Waals surface area (Å²) in [4.78, 5) is 41.5. The maximum atomic E-state index is 14.1. The van der Waals surface area contributed by atoms with Crippen LogP contribution in [0.3, 0.4) is 0 Å². The van der Waals surface area contributed by atoms with Crippen LogP contribution in [0, 0.1) is 5.92 Å². The average molecular weight is 597 g/mol. The van der Waals surface area contributed by atoms with E-state index >= 15 is 0 Å². The smallest absolute Gasteiger partial charge is 0.246 e. The van der Waals surface area contributed by atoms with Gasteiger partial charge in [0.05, 0.1) is 6.04 Å². The first-order valence-corrected chi connectivity index (χ1v) is 15.8. The molecule has 3 amide bonds. The Labute approximate surface area is 260 Å². The number of fused-ring (bicyclic) bond motifs is 2. The van der Waals surface area contributed by atoms with Crippen LogP contribution >= 0.6 is 0 Å². The number of ether oxygens (including phenoxy) is 1. The molecule has 232 valence electrons. The molecule has 3 aromatic rings. The Morgan fingerprint density at radius 2 is 1.64 bits per heavy atom. The lowest BCUT2D eigenvalue weighted by atomic mass is 9.92. The zero-order valence-electron chi connectivity index (χ0n) is 25.7. The van der Waals surface area contributed by atoms with E-state index < -0.39 is 17.6 Å². The Bertz CT molecular complexity index is 1490. The van der Waals surface area contributed by atoms with E-state index in [0.717, 1.165) is 40.5 Å². The molecule has 1 aliphatic carbocycles. The number of carbonyl (C=O) groups is 3. The monoisotopic (exact) mass is 596 g/mol. The van der Waals surface area contributed by atoms with Crippen LogP contribution in [0.1, 0.15) is 57.1 Å². The van der Waals surface area contributed by atoms with E-state index in [-0.39, 0.29) is 30.2 Å². The predicted molar refractivity (Wildman–Crippen MR) is 174 cm³/mol. The van der Waals surface area contributed by atoms with Crippen LogP contribution in [-0.2, 0) is 20.8 Å². The van der Waals surface area contributed by atoms with E-state index in [1.165, 1.54) is 0 Å². The van der Waals surface area contributed by atoms with Crippen molar-refractivity contribution < 1.29 is 19.1 Å². The summed E-state index contributed by atoms with van der Waals surface area (Å²) in [5.41, 5.74) is 0.799. The van der Waals surface area contributed by atoms with Crippen molar-refractivity contribution in [2.45, 2.75) is 70.0 Å². The molecule has 8 heteroatoms. The summed E-state index contributed by atoms with van der Waals surface area (Å²) < 4.78 is 6.07. The molecule has 44 heavy (non-hydrogen) atoms. The van der Waals surface area contributed by atoms with Crippen LogP contribution in [-0.4, -0.2) is 55.0 Å². The second-order valence-electron chi connectivity index (χ2n) is 12.3. The summed E-state index contributed by atoms with van der Waals surface area (Å²) in [6.07, 6.45) is 7.47. The van der Waals surface area contributed by atoms with Crippen molar-refractivity contribution in [3.05, 3.63) is 83.9 Å². The molecule has 5 rings (SSSR count). The first-order valence-electron chi connectivity index (χ1n) is 15.8. The van der Waals surface area contributed by atoms with Crippen molar-refractivity contribution in [2.75, 3.05) is 19.7 Å². The van der Waals surface area contributed by atoms with Gasteiger partial charge in [0.1, 0.15) is 23.9 Å². The second kappa shape index (κ2) is 14.5. The summed E-state index contributed by atoms with van der Waals surface area (Å²) in [6.45, 7) is 5.30. The molecule has 3 aromatic carbocycles. The van der Waals surface area contributed by atoms with Crippen LogP contribution in [0.2, 0.25) is 0 Å². The molecule has 1 fully saturated rings. The van der Waals surface area contributed by atoms with Crippen molar-refractivity contribution in [1.29, 1.82) is 0 Å². The lowest BCUT2D eigenvalue weighted by molar-refractivity contribution is -0.136. The largest absolute Gasteiger partial charge is 0.492 e. The molecule has 0 aromatic heterocycles. The zero-order chi connectivity index (χ0) is 30.9. The minimum absolute atomic E-state index is 0.199. The number of hydrogen-bond acceptors (Lipinski definition) is 5. The molecule has 2 aliphatic rings. The van der Waals surface area contributed by atoms with Crippen LogP contribution in [0.5, 0.6) is 5.75 Å². The fraction of sp³-hybridized carbons (Fsp3) is 0.417. The minimum Gasteiger partial charge on any atom is -0.492 e. The van der Waals surface area contributed by atoms with Gasteiger partial charge in [-0.25, -0.2) is 0 Å². The normalized spacial score (nSPS) is 22.3. The minimum atomic E-state index is -1.06. The molecule has 4 N–H and O–H groups in total. The third-order valence-corrected chi connectivity index (χ3v) is 8.56.